The molecule has 0 aliphatic heterocycles. The molecule has 0 N–H and O–H groups in total. The summed E-state index contributed by atoms with van der Waals surface area (Å²) < 4.78 is 2.23. The average Bonchev–Trinajstić information content (AvgIpc) is 2.64. The summed E-state index contributed by atoms with van der Waals surface area (Å²) in [6, 6.07) is 19.3. The minimum atomic E-state index is 1.01. The van der Waals surface area contributed by atoms with Crippen molar-refractivity contribution in [2.45, 2.75) is 20.8 Å². The second kappa shape index (κ2) is 6.38. The molecule has 0 aliphatic rings. The second-order valence-electron chi connectivity index (χ2n) is 7.05. The summed E-state index contributed by atoms with van der Waals surface area (Å²) in [5, 5.41) is 2.46. The molecule has 0 unspecified atom stereocenters. The predicted molar refractivity (Wildman–Crippen MR) is 108 cm³/mol. The lowest BCUT2D eigenvalue weighted by Crippen LogP contribution is -2.30. The predicted octanol–water partition coefficient (Wildman–Crippen LogP) is 5.32. The molecular formula is C24H23N2+. The van der Waals surface area contributed by atoms with Crippen molar-refractivity contribution in [3.8, 4) is 22.5 Å². The molecule has 0 atom stereocenters. The summed E-state index contributed by atoms with van der Waals surface area (Å²) in [5.74, 6) is 0. The number of aryl methyl sites for hydroxylation is 3. The molecule has 0 aliphatic carbocycles. The van der Waals surface area contributed by atoms with Crippen molar-refractivity contribution in [2.24, 2.45) is 7.05 Å². The highest BCUT2D eigenvalue weighted by atomic mass is 14.9. The quantitative estimate of drug-likeness (QED) is 0.452. The van der Waals surface area contributed by atoms with Gasteiger partial charge in [-0.05, 0) is 56.2 Å². The fourth-order valence-corrected chi connectivity index (χ4v) is 3.69. The lowest BCUT2D eigenvalue weighted by molar-refractivity contribution is -0.659. The van der Waals surface area contributed by atoms with Gasteiger partial charge in [0.2, 0.25) is 5.69 Å². The maximum Gasteiger partial charge on any atom is 0.213 e. The van der Waals surface area contributed by atoms with Gasteiger partial charge in [-0.3, -0.25) is 4.98 Å². The molecule has 128 valence electrons. The summed E-state index contributed by atoms with van der Waals surface area (Å²) in [4.78, 5) is 4.56. The van der Waals surface area contributed by atoms with Gasteiger partial charge >= 0.3 is 0 Å². The van der Waals surface area contributed by atoms with E-state index in [1.165, 1.54) is 44.3 Å². The van der Waals surface area contributed by atoms with Crippen LogP contribution in [-0.4, -0.2) is 4.98 Å². The number of pyridine rings is 2. The van der Waals surface area contributed by atoms with Crippen LogP contribution in [0.3, 0.4) is 0 Å². The Bertz CT molecular complexity index is 1110. The third-order valence-corrected chi connectivity index (χ3v) is 5.16. The Labute approximate surface area is 154 Å². The van der Waals surface area contributed by atoms with Gasteiger partial charge in [0.15, 0.2) is 6.20 Å². The molecule has 0 amide bonds. The molecular weight excluding hydrogens is 316 g/mol. The van der Waals surface area contributed by atoms with Gasteiger partial charge < -0.3 is 0 Å². The van der Waals surface area contributed by atoms with Gasteiger partial charge in [0.1, 0.15) is 7.05 Å². The molecule has 2 aromatic carbocycles. The molecule has 2 aromatic heterocycles. The first kappa shape index (κ1) is 16.5. The SMILES string of the molecule is Cc1cc(C)c(C)c(-c2cc3c(-c4ccccn4)cccc3c[n+]2C)c1. The zero-order valence-electron chi connectivity index (χ0n) is 15.7. The molecule has 0 spiro atoms. The fourth-order valence-electron chi connectivity index (χ4n) is 3.69. The molecule has 26 heavy (non-hydrogen) atoms. The van der Waals surface area contributed by atoms with E-state index in [9.17, 15) is 0 Å². The van der Waals surface area contributed by atoms with E-state index >= 15 is 0 Å². The van der Waals surface area contributed by atoms with Crippen molar-refractivity contribution < 1.29 is 4.57 Å². The van der Waals surface area contributed by atoms with Gasteiger partial charge in [0.25, 0.3) is 0 Å². The molecule has 0 bridgehead atoms. The van der Waals surface area contributed by atoms with Crippen molar-refractivity contribution >= 4 is 10.8 Å². The van der Waals surface area contributed by atoms with Crippen LogP contribution >= 0.6 is 0 Å². The van der Waals surface area contributed by atoms with Crippen molar-refractivity contribution in [1.29, 1.82) is 0 Å². The Morgan fingerprint density at radius 3 is 2.46 bits per heavy atom. The van der Waals surface area contributed by atoms with E-state index in [4.69, 9.17) is 0 Å². The molecule has 2 nitrogen and oxygen atoms in total. The number of aromatic nitrogens is 2. The lowest BCUT2D eigenvalue weighted by Gasteiger charge is -2.11. The number of rotatable bonds is 2. The van der Waals surface area contributed by atoms with Crippen molar-refractivity contribution in [1.82, 2.24) is 4.98 Å². The van der Waals surface area contributed by atoms with Crippen molar-refractivity contribution in [2.75, 3.05) is 0 Å². The maximum absolute atomic E-state index is 4.56. The summed E-state index contributed by atoms with van der Waals surface area (Å²) in [6.07, 6.45) is 4.07. The molecule has 4 rings (SSSR count). The molecule has 2 heterocycles. The number of nitrogens with zero attached hydrogens (tertiary/aromatic N) is 2. The fraction of sp³-hybridized carbons (Fsp3) is 0.167. The van der Waals surface area contributed by atoms with Crippen LogP contribution in [0.2, 0.25) is 0 Å². The van der Waals surface area contributed by atoms with Gasteiger partial charge in [-0.2, -0.15) is 0 Å². The van der Waals surface area contributed by atoms with E-state index in [1.54, 1.807) is 0 Å². The first-order valence-electron chi connectivity index (χ1n) is 8.96. The van der Waals surface area contributed by atoms with Gasteiger partial charge in [-0.1, -0.05) is 29.8 Å². The standard InChI is InChI=1S/C24H23N2/c1-16-12-17(2)18(3)21(13-16)24-14-22-19(15-26(24)4)8-7-9-20(22)23-10-5-6-11-25-23/h5-15H,1-4H3/q+1. The minimum Gasteiger partial charge on any atom is -0.256 e. The summed E-state index contributed by atoms with van der Waals surface area (Å²) in [6.45, 7) is 6.56. The van der Waals surface area contributed by atoms with E-state index in [0.717, 1.165) is 5.69 Å². The number of fused-ring (bicyclic) bond motifs is 1. The maximum atomic E-state index is 4.56. The summed E-state index contributed by atoms with van der Waals surface area (Å²) in [5.41, 5.74) is 8.66. The first-order valence-corrected chi connectivity index (χ1v) is 8.96. The molecule has 4 aromatic rings. The summed E-state index contributed by atoms with van der Waals surface area (Å²) >= 11 is 0. The van der Waals surface area contributed by atoms with Crippen LogP contribution in [0.25, 0.3) is 33.3 Å². The third-order valence-electron chi connectivity index (χ3n) is 5.16. The van der Waals surface area contributed by atoms with Crippen LogP contribution in [0, 0.1) is 20.8 Å². The van der Waals surface area contributed by atoms with E-state index in [1.807, 2.05) is 18.3 Å². The highest BCUT2D eigenvalue weighted by Crippen LogP contribution is 2.31. The molecule has 0 saturated carbocycles. The van der Waals surface area contributed by atoms with Gasteiger partial charge in [0, 0.05) is 34.2 Å². The molecule has 2 heteroatoms. The summed E-state index contributed by atoms with van der Waals surface area (Å²) in [7, 11) is 2.12. The highest BCUT2D eigenvalue weighted by Gasteiger charge is 2.17. The van der Waals surface area contributed by atoms with Crippen LogP contribution < -0.4 is 4.57 Å². The zero-order chi connectivity index (χ0) is 18.3. The topological polar surface area (TPSA) is 16.8 Å². The smallest absolute Gasteiger partial charge is 0.213 e. The lowest BCUT2D eigenvalue weighted by atomic mass is 9.95. The largest absolute Gasteiger partial charge is 0.256 e. The average molecular weight is 339 g/mol. The monoisotopic (exact) mass is 339 g/mol. The first-order chi connectivity index (χ1) is 12.5. The Morgan fingerprint density at radius 1 is 0.846 bits per heavy atom. The van der Waals surface area contributed by atoms with Gasteiger partial charge in [0.05, 0.1) is 5.69 Å². The molecule has 0 fully saturated rings. The van der Waals surface area contributed by atoms with E-state index in [2.05, 4.69) is 86.0 Å². The van der Waals surface area contributed by atoms with E-state index in [-0.39, 0.29) is 0 Å². The van der Waals surface area contributed by atoms with Crippen LogP contribution in [0.1, 0.15) is 16.7 Å². The Hall–Kier alpha value is -3.00. The van der Waals surface area contributed by atoms with E-state index in [0.29, 0.717) is 0 Å². The Balaban J connectivity index is 2.03. The number of hydrogen-bond donors (Lipinski definition) is 0. The van der Waals surface area contributed by atoms with Crippen LogP contribution in [0.15, 0.2) is 67.0 Å². The van der Waals surface area contributed by atoms with Crippen molar-refractivity contribution in [3.63, 3.8) is 0 Å². The Kier molecular flexibility index (Phi) is 4.04. The zero-order valence-corrected chi connectivity index (χ0v) is 15.7. The Morgan fingerprint density at radius 2 is 1.69 bits per heavy atom. The normalized spacial score (nSPS) is 11.1. The second-order valence-corrected chi connectivity index (χ2v) is 7.05. The number of benzene rings is 2. The third kappa shape index (κ3) is 2.78. The van der Waals surface area contributed by atoms with Gasteiger partial charge in [-0.25, -0.2) is 4.57 Å². The molecule has 0 saturated heterocycles. The van der Waals surface area contributed by atoms with Crippen LogP contribution in [-0.2, 0) is 7.05 Å². The van der Waals surface area contributed by atoms with Crippen LogP contribution in [0.4, 0.5) is 0 Å². The van der Waals surface area contributed by atoms with Crippen LogP contribution in [0.5, 0.6) is 0 Å². The van der Waals surface area contributed by atoms with E-state index < -0.39 is 0 Å². The minimum absolute atomic E-state index is 1.01. The van der Waals surface area contributed by atoms with Gasteiger partial charge in [-0.15, -0.1) is 0 Å². The van der Waals surface area contributed by atoms with Crippen molar-refractivity contribution in [3.05, 3.63) is 83.7 Å². The highest BCUT2D eigenvalue weighted by molar-refractivity contribution is 5.96. The number of hydrogen-bond acceptors (Lipinski definition) is 1. The molecule has 0 radical (unpaired) electrons.